The first-order valence-electron chi connectivity index (χ1n) is 5.97. The predicted octanol–water partition coefficient (Wildman–Crippen LogP) is 1.42. The Hall–Kier alpha value is -2.68. The summed E-state index contributed by atoms with van der Waals surface area (Å²) in [4.78, 5) is 38.1. The van der Waals surface area contributed by atoms with Crippen molar-refractivity contribution in [2.75, 3.05) is 0 Å². The number of rotatable bonds is 2. The number of thiazole rings is 1. The van der Waals surface area contributed by atoms with Crippen LogP contribution in [0.15, 0.2) is 28.4 Å². The van der Waals surface area contributed by atoms with Crippen molar-refractivity contribution in [2.24, 2.45) is 10.2 Å². The van der Waals surface area contributed by atoms with Gasteiger partial charge in [0.2, 0.25) is 11.2 Å². The smallest absolute Gasteiger partial charge is 0.275 e. The van der Waals surface area contributed by atoms with Crippen molar-refractivity contribution in [3.05, 3.63) is 23.8 Å². The molecule has 21 heavy (non-hydrogen) atoms. The van der Waals surface area contributed by atoms with E-state index in [0.717, 1.165) is 15.8 Å². The molecule has 0 saturated carbocycles. The van der Waals surface area contributed by atoms with Crippen LogP contribution < -0.4 is 10.6 Å². The summed E-state index contributed by atoms with van der Waals surface area (Å²) in [6.07, 6.45) is 0. The maximum Gasteiger partial charge on any atom is 0.328 e. The van der Waals surface area contributed by atoms with Gasteiger partial charge in [0.25, 0.3) is 11.8 Å². The van der Waals surface area contributed by atoms with Crippen LogP contribution in [0.3, 0.4) is 0 Å². The number of carbonyl (C=O) groups is 3. The van der Waals surface area contributed by atoms with Gasteiger partial charge in [-0.05, 0) is 24.6 Å². The molecule has 106 valence electrons. The molecule has 0 radical (unpaired) electrons. The lowest BCUT2D eigenvalue weighted by atomic mass is 10.2. The van der Waals surface area contributed by atoms with Crippen LogP contribution in [0.5, 0.6) is 0 Å². The first kappa shape index (κ1) is 13.3. The highest BCUT2D eigenvalue weighted by Gasteiger charge is 2.34. The van der Waals surface area contributed by atoms with Gasteiger partial charge in [0.05, 0.1) is 10.2 Å². The topological polar surface area (TPSA) is 113 Å². The monoisotopic (exact) mass is 303 g/mol. The molecule has 1 saturated heterocycles. The van der Waals surface area contributed by atoms with E-state index >= 15 is 0 Å². The average Bonchev–Trinajstić information content (AvgIpc) is 2.79. The number of barbiturate groups is 1. The van der Waals surface area contributed by atoms with Crippen molar-refractivity contribution < 1.29 is 14.4 Å². The second kappa shape index (κ2) is 5.02. The number of hydrogen-bond acceptors (Lipinski definition) is 7. The summed E-state index contributed by atoms with van der Waals surface area (Å²) in [5.41, 5.74) is 1.87. The van der Waals surface area contributed by atoms with Crippen molar-refractivity contribution >= 4 is 44.5 Å². The lowest BCUT2D eigenvalue weighted by Crippen LogP contribution is -2.57. The van der Waals surface area contributed by atoms with Gasteiger partial charge < -0.3 is 0 Å². The van der Waals surface area contributed by atoms with E-state index in [0.29, 0.717) is 5.13 Å². The van der Waals surface area contributed by atoms with E-state index in [1.54, 1.807) is 0 Å². The molecule has 0 spiro atoms. The number of hydrogen-bond donors (Lipinski definition) is 2. The number of carbonyl (C=O) groups excluding carboxylic acids is 3. The Morgan fingerprint density at radius 1 is 1.19 bits per heavy atom. The molecule has 0 aliphatic carbocycles. The lowest BCUT2D eigenvalue weighted by molar-refractivity contribution is -0.131. The molecule has 0 atom stereocenters. The number of azo groups is 1. The molecule has 1 aliphatic rings. The SMILES string of the molecule is Cc1ccc2nc(N=NC3C(=O)NC(=O)NC3=O)sc2c1. The van der Waals surface area contributed by atoms with Crippen LogP contribution in [0, 0.1) is 6.92 Å². The molecule has 0 unspecified atom stereocenters. The second-order valence-corrected chi connectivity index (χ2v) is 5.40. The minimum absolute atomic E-state index is 0.341. The summed E-state index contributed by atoms with van der Waals surface area (Å²) >= 11 is 1.30. The fraction of sp³-hybridized carbons (Fsp3) is 0.167. The van der Waals surface area contributed by atoms with E-state index in [4.69, 9.17) is 0 Å². The minimum Gasteiger partial charge on any atom is -0.275 e. The highest BCUT2D eigenvalue weighted by molar-refractivity contribution is 7.21. The van der Waals surface area contributed by atoms with Crippen molar-refractivity contribution in [1.29, 1.82) is 0 Å². The molecule has 2 heterocycles. The van der Waals surface area contributed by atoms with E-state index in [2.05, 4.69) is 15.2 Å². The predicted molar refractivity (Wildman–Crippen MR) is 74.3 cm³/mol. The molecular formula is C12H9N5O3S. The zero-order valence-corrected chi connectivity index (χ0v) is 11.6. The van der Waals surface area contributed by atoms with Crippen molar-refractivity contribution in [3.63, 3.8) is 0 Å². The summed E-state index contributed by atoms with van der Waals surface area (Å²) in [6.45, 7) is 1.97. The maximum absolute atomic E-state index is 11.5. The van der Waals surface area contributed by atoms with E-state index in [-0.39, 0.29) is 0 Å². The third kappa shape index (κ3) is 2.63. The van der Waals surface area contributed by atoms with Crippen molar-refractivity contribution in [3.8, 4) is 0 Å². The average molecular weight is 303 g/mol. The number of aromatic nitrogens is 1. The summed E-state index contributed by atoms with van der Waals surface area (Å²) in [5.74, 6) is -1.60. The lowest BCUT2D eigenvalue weighted by Gasteiger charge is -2.15. The molecule has 1 aromatic carbocycles. The zero-order chi connectivity index (χ0) is 15.0. The van der Waals surface area contributed by atoms with Gasteiger partial charge >= 0.3 is 6.03 Å². The number of imide groups is 2. The van der Waals surface area contributed by atoms with Gasteiger partial charge in [-0.2, -0.15) is 5.11 Å². The molecule has 1 fully saturated rings. The highest BCUT2D eigenvalue weighted by Crippen LogP contribution is 2.29. The van der Waals surface area contributed by atoms with Crippen LogP contribution >= 0.6 is 11.3 Å². The first-order chi connectivity index (χ1) is 10.0. The Morgan fingerprint density at radius 2 is 1.90 bits per heavy atom. The largest absolute Gasteiger partial charge is 0.328 e. The Labute approximate surface area is 122 Å². The molecule has 8 nitrogen and oxygen atoms in total. The summed E-state index contributed by atoms with van der Waals surface area (Å²) < 4.78 is 0.941. The van der Waals surface area contributed by atoms with Gasteiger partial charge in [-0.25, -0.2) is 9.78 Å². The van der Waals surface area contributed by atoms with Gasteiger partial charge in [-0.3, -0.25) is 20.2 Å². The van der Waals surface area contributed by atoms with Crippen LogP contribution in [0.2, 0.25) is 0 Å². The standard InChI is InChI=1S/C12H9N5O3S/c1-5-2-3-6-7(4-5)21-12(13-6)17-16-8-9(18)14-11(20)15-10(8)19/h2-4,8H,1H3,(H2,14,15,18,19,20). The molecule has 2 aromatic rings. The Morgan fingerprint density at radius 3 is 2.62 bits per heavy atom. The third-order valence-corrected chi connectivity index (χ3v) is 3.66. The molecule has 2 N–H and O–H groups in total. The zero-order valence-electron chi connectivity index (χ0n) is 10.8. The molecule has 0 bridgehead atoms. The fourth-order valence-electron chi connectivity index (χ4n) is 1.79. The summed E-state index contributed by atoms with van der Waals surface area (Å²) in [7, 11) is 0. The normalized spacial score (nSPS) is 16.5. The van der Waals surface area contributed by atoms with E-state index < -0.39 is 23.9 Å². The van der Waals surface area contributed by atoms with Gasteiger partial charge in [-0.15, -0.1) is 5.11 Å². The number of urea groups is 1. The number of benzene rings is 1. The highest BCUT2D eigenvalue weighted by atomic mass is 32.1. The summed E-state index contributed by atoms with van der Waals surface area (Å²) in [6, 6.07) is 3.52. The fourth-order valence-corrected chi connectivity index (χ4v) is 2.68. The van der Waals surface area contributed by atoms with Crippen LogP contribution in [-0.4, -0.2) is 28.9 Å². The Balaban J connectivity index is 1.85. The molecule has 3 rings (SSSR count). The van der Waals surface area contributed by atoms with E-state index in [1.165, 1.54) is 11.3 Å². The number of nitrogens with zero attached hydrogens (tertiary/aromatic N) is 3. The minimum atomic E-state index is -1.38. The van der Waals surface area contributed by atoms with Gasteiger partial charge in [0.15, 0.2) is 0 Å². The number of aryl methyl sites for hydroxylation is 1. The molecule has 4 amide bonds. The quantitative estimate of drug-likeness (QED) is 0.645. The van der Waals surface area contributed by atoms with Crippen LogP contribution in [0.1, 0.15) is 5.56 Å². The second-order valence-electron chi connectivity index (χ2n) is 4.39. The van der Waals surface area contributed by atoms with Crippen LogP contribution in [0.4, 0.5) is 9.93 Å². The Kier molecular flexibility index (Phi) is 3.18. The van der Waals surface area contributed by atoms with Gasteiger partial charge in [0.1, 0.15) is 0 Å². The number of fused-ring (bicyclic) bond motifs is 1. The molecular weight excluding hydrogens is 294 g/mol. The Bertz CT molecular complexity index is 777. The van der Waals surface area contributed by atoms with Crippen molar-refractivity contribution in [1.82, 2.24) is 15.6 Å². The van der Waals surface area contributed by atoms with Gasteiger partial charge in [0, 0.05) is 0 Å². The van der Waals surface area contributed by atoms with Crippen LogP contribution in [-0.2, 0) is 9.59 Å². The molecule has 1 aromatic heterocycles. The van der Waals surface area contributed by atoms with E-state index in [9.17, 15) is 14.4 Å². The summed E-state index contributed by atoms with van der Waals surface area (Å²) in [5, 5.41) is 11.7. The number of amides is 4. The van der Waals surface area contributed by atoms with Crippen molar-refractivity contribution in [2.45, 2.75) is 13.0 Å². The molecule has 1 aliphatic heterocycles. The molecule has 9 heteroatoms. The van der Waals surface area contributed by atoms with E-state index in [1.807, 2.05) is 35.8 Å². The van der Waals surface area contributed by atoms with Crippen LogP contribution in [0.25, 0.3) is 10.2 Å². The third-order valence-electron chi connectivity index (χ3n) is 2.76. The van der Waals surface area contributed by atoms with Gasteiger partial charge in [-0.1, -0.05) is 17.4 Å². The number of nitrogens with one attached hydrogen (secondary N) is 2. The first-order valence-corrected chi connectivity index (χ1v) is 6.78. The maximum atomic E-state index is 11.5.